The standard InChI is InChI=1S/C9H14BrN3/c1-13(2)9(12-11)7-3-5-8(10)6-4-7/h3-6,9,12H,11H2,1-2H3. The second-order valence-electron chi connectivity index (χ2n) is 3.08. The minimum atomic E-state index is 0.0631. The van der Waals surface area contributed by atoms with Gasteiger partial charge in [-0.3, -0.25) is 10.7 Å². The molecular weight excluding hydrogens is 230 g/mol. The van der Waals surface area contributed by atoms with Gasteiger partial charge in [0.05, 0.1) is 6.17 Å². The lowest BCUT2D eigenvalue weighted by atomic mass is 10.2. The predicted molar refractivity (Wildman–Crippen MR) is 57.9 cm³/mol. The van der Waals surface area contributed by atoms with Crippen LogP contribution in [0.2, 0.25) is 0 Å². The molecule has 1 rings (SSSR count). The summed E-state index contributed by atoms with van der Waals surface area (Å²) in [6.07, 6.45) is 0.0631. The number of hydrogen-bond acceptors (Lipinski definition) is 3. The first-order valence-corrected chi connectivity index (χ1v) is 4.82. The van der Waals surface area contributed by atoms with E-state index in [9.17, 15) is 0 Å². The van der Waals surface area contributed by atoms with Crippen LogP contribution < -0.4 is 11.3 Å². The van der Waals surface area contributed by atoms with Crippen molar-refractivity contribution in [1.29, 1.82) is 0 Å². The van der Waals surface area contributed by atoms with Gasteiger partial charge in [-0.15, -0.1) is 0 Å². The average molecular weight is 244 g/mol. The van der Waals surface area contributed by atoms with Crippen molar-refractivity contribution in [3.8, 4) is 0 Å². The van der Waals surface area contributed by atoms with Crippen LogP contribution in [-0.4, -0.2) is 19.0 Å². The summed E-state index contributed by atoms with van der Waals surface area (Å²) < 4.78 is 1.07. The number of nitrogens with one attached hydrogen (secondary N) is 1. The molecule has 0 bridgehead atoms. The van der Waals surface area contributed by atoms with E-state index >= 15 is 0 Å². The van der Waals surface area contributed by atoms with Crippen LogP contribution in [0.4, 0.5) is 0 Å². The highest BCUT2D eigenvalue weighted by atomic mass is 79.9. The van der Waals surface area contributed by atoms with Gasteiger partial charge in [-0.05, 0) is 31.8 Å². The molecule has 0 aliphatic heterocycles. The zero-order valence-electron chi connectivity index (χ0n) is 7.79. The first kappa shape index (κ1) is 10.7. The highest BCUT2D eigenvalue weighted by Crippen LogP contribution is 2.17. The Labute approximate surface area is 87.0 Å². The van der Waals surface area contributed by atoms with Crippen LogP contribution in [0.3, 0.4) is 0 Å². The fourth-order valence-corrected chi connectivity index (χ4v) is 1.45. The van der Waals surface area contributed by atoms with E-state index in [1.165, 1.54) is 0 Å². The normalized spacial score (nSPS) is 13.3. The van der Waals surface area contributed by atoms with Gasteiger partial charge < -0.3 is 0 Å². The molecule has 0 fully saturated rings. The van der Waals surface area contributed by atoms with Crippen LogP contribution >= 0.6 is 15.9 Å². The van der Waals surface area contributed by atoms with Gasteiger partial charge in [0.25, 0.3) is 0 Å². The number of hydrogen-bond donors (Lipinski definition) is 2. The first-order valence-electron chi connectivity index (χ1n) is 4.03. The number of halogens is 1. The number of benzene rings is 1. The molecule has 1 aromatic rings. The van der Waals surface area contributed by atoms with Gasteiger partial charge in [-0.25, -0.2) is 5.43 Å². The zero-order chi connectivity index (χ0) is 9.84. The van der Waals surface area contributed by atoms with E-state index in [4.69, 9.17) is 5.84 Å². The topological polar surface area (TPSA) is 41.3 Å². The second-order valence-corrected chi connectivity index (χ2v) is 4.00. The summed E-state index contributed by atoms with van der Waals surface area (Å²) in [7, 11) is 3.96. The molecule has 3 nitrogen and oxygen atoms in total. The molecule has 72 valence electrons. The van der Waals surface area contributed by atoms with Crippen molar-refractivity contribution in [3.63, 3.8) is 0 Å². The molecule has 0 saturated carbocycles. The third-order valence-electron chi connectivity index (χ3n) is 1.86. The Hall–Kier alpha value is -0.420. The Morgan fingerprint density at radius 3 is 2.23 bits per heavy atom. The minimum Gasteiger partial charge on any atom is -0.289 e. The maximum atomic E-state index is 5.44. The van der Waals surface area contributed by atoms with Gasteiger partial charge in [0.1, 0.15) is 0 Å². The average Bonchev–Trinajstić information content (AvgIpc) is 2.09. The maximum Gasteiger partial charge on any atom is 0.0980 e. The number of nitrogens with two attached hydrogens (primary N) is 1. The zero-order valence-corrected chi connectivity index (χ0v) is 9.38. The Kier molecular flexibility index (Phi) is 3.87. The van der Waals surface area contributed by atoms with Crippen LogP contribution in [0.25, 0.3) is 0 Å². The van der Waals surface area contributed by atoms with E-state index in [1.54, 1.807) is 0 Å². The Morgan fingerprint density at radius 1 is 1.31 bits per heavy atom. The molecule has 0 amide bonds. The minimum absolute atomic E-state index is 0.0631. The second kappa shape index (κ2) is 4.72. The Balaban J connectivity index is 2.86. The SMILES string of the molecule is CN(C)C(NN)c1ccc(Br)cc1. The van der Waals surface area contributed by atoms with Gasteiger partial charge in [0, 0.05) is 4.47 Å². The molecule has 13 heavy (non-hydrogen) atoms. The van der Waals surface area contributed by atoms with Crippen LogP contribution in [0.5, 0.6) is 0 Å². The van der Waals surface area contributed by atoms with Crippen molar-refractivity contribution in [3.05, 3.63) is 34.3 Å². The number of nitrogens with zero attached hydrogens (tertiary/aromatic N) is 1. The van der Waals surface area contributed by atoms with E-state index in [0.29, 0.717) is 0 Å². The Bertz CT molecular complexity index is 258. The van der Waals surface area contributed by atoms with Crippen molar-refractivity contribution in [2.45, 2.75) is 6.17 Å². The molecule has 0 saturated heterocycles. The molecule has 0 heterocycles. The van der Waals surface area contributed by atoms with Crippen LogP contribution in [0.1, 0.15) is 11.7 Å². The summed E-state index contributed by atoms with van der Waals surface area (Å²) in [6, 6.07) is 8.08. The summed E-state index contributed by atoms with van der Waals surface area (Å²) in [5, 5.41) is 0. The van der Waals surface area contributed by atoms with Crippen molar-refractivity contribution in [1.82, 2.24) is 10.3 Å². The fraction of sp³-hybridized carbons (Fsp3) is 0.333. The quantitative estimate of drug-likeness (QED) is 0.480. The Morgan fingerprint density at radius 2 is 1.85 bits per heavy atom. The third kappa shape index (κ3) is 2.77. The third-order valence-corrected chi connectivity index (χ3v) is 2.39. The molecule has 1 atom stereocenters. The molecule has 0 radical (unpaired) electrons. The molecule has 0 aliphatic rings. The lowest BCUT2D eigenvalue weighted by molar-refractivity contribution is 0.253. The van der Waals surface area contributed by atoms with Crippen LogP contribution in [-0.2, 0) is 0 Å². The lowest BCUT2D eigenvalue weighted by Crippen LogP contribution is -2.37. The molecule has 0 spiro atoms. The molecule has 3 N–H and O–H groups in total. The van der Waals surface area contributed by atoms with E-state index in [0.717, 1.165) is 10.0 Å². The van der Waals surface area contributed by atoms with Gasteiger partial charge in [0.2, 0.25) is 0 Å². The van der Waals surface area contributed by atoms with Gasteiger partial charge in [0.15, 0.2) is 0 Å². The van der Waals surface area contributed by atoms with Crippen LogP contribution in [0.15, 0.2) is 28.7 Å². The first-order chi connectivity index (χ1) is 6.15. The van der Waals surface area contributed by atoms with Gasteiger partial charge >= 0.3 is 0 Å². The largest absolute Gasteiger partial charge is 0.289 e. The molecule has 0 aromatic heterocycles. The molecule has 4 heteroatoms. The summed E-state index contributed by atoms with van der Waals surface area (Å²) in [5.74, 6) is 5.44. The molecule has 1 unspecified atom stereocenters. The van der Waals surface area contributed by atoms with E-state index < -0.39 is 0 Å². The van der Waals surface area contributed by atoms with E-state index in [2.05, 4.69) is 21.4 Å². The monoisotopic (exact) mass is 243 g/mol. The summed E-state index contributed by atoms with van der Waals surface area (Å²) in [5.41, 5.74) is 3.90. The van der Waals surface area contributed by atoms with Gasteiger partial charge in [-0.2, -0.15) is 0 Å². The molecule has 1 aromatic carbocycles. The smallest absolute Gasteiger partial charge is 0.0980 e. The van der Waals surface area contributed by atoms with E-state index in [1.807, 2.05) is 43.3 Å². The van der Waals surface area contributed by atoms with Crippen molar-refractivity contribution in [2.24, 2.45) is 5.84 Å². The van der Waals surface area contributed by atoms with Crippen LogP contribution in [0, 0.1) is 0 Å². The highest BCUT2D eigenvalue weighted by molar-refractivity contribution is 9.10. The molecular formula is C9H14BrN3. The number of hydrazine groups is 1. The molecule has 0 aliphatic carbocycles. The van der Waals surface area contributed by atoms with E-state index in [-0.39, 0.29) is 6.17 Å². The summed E-state index contributed by atoms with van der Waals surface area (Å²) >= 11 is 3.39. The summed E-state index contributed by atoms with van der Waals surface area (Å²) in [4.78, 5) is 2.02. The highest BCUT2D eigenvalue weighted by Gasteiger charge is 2.10. The summed E-state index contributed by atoms with van der Waals surface area (Å²) in [6.45, 7) is 0. The van der Waals surface area contributed by atoms with Crippen molar-refractivity contribution < 1.29 is 0 Å². The maximum absolute atomic E-state index is 5.44. The van der Waals surface area contributed by atoms with Gasteiger partial charge in [-0.1, -0.05) is 28.1 Å². The van der Waals surface area contributed by atoms with Crippen molar-refractivity contribution in [2.75, 3.05) is 14.1 Å². The lowest BCUT2D eigenvalue weighted by Gasteiger charge is -2.23. The van der Waals surface area contributed by atoms with Crippen molar-refractivity contribution >= 4 is 15.9 Å². The number of rotatable bonds is 3. The fourth-order valence-electron chi connectivity index (χ4n) is 1.19. The predicted octanol–water partition coefficient (Wildman–Crippen LogP) is 1.47.